The highest BCUT2D eigenvalue weighted by Gasteiger charge is 2.22. The normalized spacial score (nSPS) is 25.7. The lowest BCUT2D eigenvalue weighted by atomic mass is 10.1. The summed E-state index contributed by atoms with van der Waals surface area (Å²) in [5, 5.41) is 13.3. The average Bonchev–Trinajstić information content (AvgIpc) is 2.16. The Balaban J connectivity index is 2.13. The zero-order chi connectivity index (χ0) is 12.0. The number of hydrogen-bond acceptors (Lipinski definition) is 5. The van der Waals surface area contributed by atoms with Crippen molar-refractivity contribution in [3.05, 3.63) is 0 Å². The van der Waals surface area contributed by atoms with Gasteiger partial charge in [0, 0.05) is 19.6 Å². The monoisotopic (exact) mass is 232 g/mol. The van der Waals surface area contributed by atoms with Crippen LogP contribution in [0.5, 0.6) is 0 Å². The Bertz CT molecular complexity index is 192. The summed E-state index contributed by atoms with van der Waals surface area (Å²) in [7, 11) is 3.91. The molecule has 0 saturated carbocycles. The maximum Gasteiger partial charge on any atom is 0.147 e. The first-order valence-electron chi connectivity index (χ1n) is 5.77. The Kier molecular flexibility index (Phi) is 5.64. The Labute approximate surface area is 97.7 Å². The summed E-state index contributed by atoms with van der Waals surface area (Å²) >= 11 is 0. The topological polar surface area (TPSA) is 54.0 Å². The third kappa shape index (κ3) is 5.77. The van der Waals surface area contributed by atoms with Gasteiger partial charge in [-0.05, 0) is 27.4 Å². The van der Waals surface area contributed by atoms with Gasteiger partial charge in [0.25, 0.3) is 0 Å². The van der Waals surface area contributed by atoms with E-state index in [1.807, 2.05) is 25.9 Å². The van der Waals surface area contributed by atoms with E-state index in [4.69, 9.17) is 9.47 Å². The molecule has 0 aromatic rings. The quantitative estimate of drug-likeness (QED) is 0.656. The number of aliphatic hydroxyl groups is 1. The molecule has 2 atom stereocenters. The van der Waals surface area contributed by atoms with Gasteiger partial charge in [0.15, 0.2) is 0 Å². The van der Waals surface area contributed by atoms with E-state index in [-0.39, 0.29) is 6.10 Å². The van der Waals surface area contributed by atoms with Gasteiger partial charge in [0.05, 0.1) is 18.3 Å². The molecule has 2 unspecified atom stereocenters. The summed E-state index contributed by atoms with van der Waals surface area (Å²) in [6.45, 7) is 4.99. The highest BCUT2D eigenvalue weighted by Crippen LogP contribution is 2.06. The molecule has 0 aromatic carbocycles. The number of rotatable bonds is 6. The molecule has 0 aliphatic carbocycles. The molecule has 16 heavy (non-hydrogen) atoms. The molecular formula is C11H24N2O3. The minimum absolute atomic E-state index is 0.212. The van der Waals surface area contributed by atoms with Crippen molar-refractivity contribution in [2.75, 3.05) is 47.1 Å². The van der Waals surface area contributed by atoms with Crippen LogP contribution in [-0.4, -0.2) is 68.8 Å². The molecule has 5 heteroatoms. The smallest absolute Gasteiger partial charge is 0.147 e. The highest BCUT2D eigenvalue weighted by atomic mass is 16.7. The maximum atomic E-state index is 10.0. The highest BCUT2D eigenvalue weighted by molar-refractivity contribution is 4.79. The molecule has 5 nitrogen and oxygen atoms in total. The number of likely N-dealkylation sites (N-methyl/N-ethyl adjacent to an activating group) is 1. The molecule has 2 N–H and O–H groups in total. The van der Waals surface area contributed by atoms with Crippen molar-refractivity contribution in [1.82, 2.24) is 10.2 Å². The predicted octanol–water partition coefficient (Wildman–Crippen LogP) is -0.348. The molecule has 0 aromatic heterocycles. The van der Waals surface area contributed by atoms with Gasteiger partial charge in [-0.1, -0.05) is 0 Å². The fourth-order valence-electron chi connectivity index (χ4n) is 1.90. The summed E-state index contributed by atoms with van der Waals surface area (Å²) in [6.07, 6.45) is 1.13. The van der Waals surface area contributed by atoms with Crippen LogP contribution in [0.3, 0.4) is 0 Å². The molecule has 1 aliphatic heterocycles. The van der Waals surface area contributed by atoms with Crippen LogP contribution in [0.25, 0.3) is 0 Å². The van der Waals surface area contributed by atoms with Crippen molar-refractivity contribution >= 4 is 0 Å². The molecule has 0 amide bonds. The van der Waals surface area contributed by atoms with Crippen molar-refractivity contribution in [3.63, 3.8) is 0 Å². The summed E-state index contributed by atoms with van der Waals surface area (Å²) in [5.74, 6) is 0. The first kappa shape index (κ1) is 13.9. The molecule has 0 bridgehead atoms. The molecule has 0 spiro atoms. The molecular weight excluding hydrogens is 208 g/mol. The van der Waals surface area contributed by atoms with Crippen molar-refractivity contribution in [2.45, 2.75) is 25.0 Å². The van der Waals surface area contributed by atoms with Crippen LogP contribution in [0.1, 0.15) is 13.3 Å². The van der Waals surface area contributed by atoms with Crippen LogP contribution in [0.15, 0.2) is 0 Å². The van der Waals surface area contributed by atoms with Gasteiger partial charge < -0.3 is 24.8 Å². The molecule has 96 valence electrons. The Morgan fingerprint density at radius 1 is 1.50 bits per heavy atom. The van der Waals surface area contributed by atoms with E-state index in [1.54, 1.807) is 0 Å². The van der Waals surface area contributed by atoms with Crippen LogP contribution >= 0.6 is 0 Å². The molecule has 1 heterocycles. The Hall–Kier alpha value is -0.200. The third-order valence-electron chi connectivity index (χ3n) is 2.51. The lowest BCUT2D eigenvalue weighted by molar-refractivity contribution is -0.137. The fraction of sp³-hybridized carbons (Fsp3) is 1.00. The minimum atomic E-state index is -0.700. The van der Waals surface area contributed by atoms with Crippen LogP contribution in [0.2, 0.25) is 0 Å². The SMILES string of the molecule is CN(C)CC(C)(O)CNCC1CCOCO1. The first-order valence-corrected chi connectivity index (χ1v) is 5.77. The van der Waals surface area contributed by atoms with Gasteiger partial charge in [-0.15, -0.1) is 0 Å². The number of nitrogens with one attached hydrogen (secondary N) is 1. The summed E-state index contributed by atoms with van der Waals surface area (Å²) in [5.41, 5.74) is -0.700. The van der Waals surface area contributed by atoms with E-state index in [9.17, 15) is 5.11 Å². The third-order valence-corrected chi connectivity index (χ3v) is 2.51. The molecule has 1 aliphatic rings. The average molecular weight is 232 g/mol. The number of hydrogen-bond donors (Lipinski definition) is 2. The second-order valence-corrected chi connectivity index (χ2v) is 4.97. The van der Waals surface area contributed by atoms with E-state index in [0.717, 1.165) is 19.6 Å². The lowest BCUT2D eigenvalue weighted by Crippen LogP contribution is -2.47. The van der Waals surface area contributed by atoms with Crippen LogP contribution in [0, 0.1) is 0 Å². The molecule has 1 rings (SSSR count). The van der Waals surface area contributed by atoms with Crippen molar-refractivity contribution in [1.29, 1.82) is 0 Å². The maximum absolute atomic E-state index is 10.0. The molecule has 1 saturated heterocycles. The summed E-state index contributed by atoms with van der Waals surface area (Å²) in [6, 6.07) is 0. The van der Waals surface area contributed by atoms with Gasteiger partial charge in [-0.25, -0.2) is 0 Å². The van der Waals surface area contributed by atoms with E-state index < -0.39 is 5.60 Å². The Morgan fingerprint density at radius 2 is 2.25 bits per heavy atom. The van der Waals surface area contributed by atoms with Crippen molar-refractivity contribution in [3.8, 4) is 0 Å². The zero-order valence-corrected chi connectivity index (χ0v) is 10.5. The van der Waals surface area contributed by atoms with Crippen molar-refractivity contribution in [2.24, 2.45) is 0 Å². The fourth-order valence-corrected chi connectivity index (χ4v) is 1.90. The van der Waals surface area contributed by atoms with Gasteiger partial charge in [-0.2, -0.15) is 0 Å². The van der Waals surface area contributed by atoms with Gasteiger partial charge in [0.1, 0.15) is 6.79 Å². The zero-order valence-electron chi connectivity index (χ0n) is 10.5. The second-order valence-electron chi connectivity index (χ2n) is 4.97. The van der Waals surface area contributed by atoms with E-state index in [2.05, 4.69) is 5.32 Å². The van der Waals surface area contributed by atoms with Gasteiger partial charge in [0.2, 0.25) is 0 Å². The van der Waals surface area contributed by atoms with E-state index >= 15 is 0 Å². The summed E-state index contributed by atoms with van der Waals surface area (Å²) in [4.78, 5) is 1.98. The molecule has 1 fully saturated rings. The van der Waals surface area contributed by atoms with E-state index in [1.165, 1.54) is 0 Å². The van der Waals surface area contributed by atoms with Crippen LogP contribution in [0.4, 0.5) is 0 Å². The first-order chi connectivity index (χ1) is 7.49. The van der Waals surface area contributed by atoms with E-state index in [0.29, 0.717) is 19.9 Å². The summed E-state index contributed by atoms with van der Waals surface area (Å²) < 4.78 is 10.5. The van der Waals surface area contributed by atoms with Gasteiger partial charge >= 0.3 is 0 Å². The van der Waals surface area contributed by atoms with Crippen LogP contribution in [-0.2, 0) is 9.47 Å². The number of nitrogens with zero attached hydrogens (tertiary/aromatic N) is 1. The lowest BCUT2D eigenvalue weighted by Gasteiger charge is -2.29. The number of ether oxygens (including phenoxy) is 2. The predicted molar refractivity (Wildman–Crippen MR) is 62.4 cm³/mol. The standard InChI is InChI=1S/C11H24N2O3/c1-11(14,8-13(2)3)7-12-6-10-4-5-15-9-16-10/h10,12,14H,4-9H2,1-3H3. The van der Waals surface area contributed by atoms with Crippen molar-refractivity contribution < 1.29 is 14.6 Å². The molecule has 0 radical (unpaired) electrons. The second kappa shape index (κ2) is 6.51. The minimum Gasteiger partial charge on any atom is -0.388 e. The van der Waals surface area contributed by atoms with Crippen LogP contribution < -0.4 is 5.32 Å². The Morgan fingerprint density at radius 3 is 2.81 bits per heavy atom. The largest absolute Gasteiger partial charge is 0.388 e. The van der Waals surface area contributed by atoms with Gasteiger partial charge in [-0.3, -0.25) is 0 Å².